The molecule has 0 unspecified atom stereocenters. The van der Waals surface area contributed by atoms with Crippen molar-refractivity contribution in [3.63, 3.8) is 0 Å². The van der Waals surface area contributed by atoms with E-state index in [4.69, 9.17) is 4.42 Å². The second kappa shape index (κ2) is 5.16. The number of nitrogens with zero attached hydrogens (tertiary/aromatic N) is 3. The Morgan fingerprint density at radius 3 is 2.89 bits per heavy atom. The molecule has 0 aliphatic carbocycles. The topological polar surface area (TPSA) is 60.9 Å². The van der Waals surface area contributed by atoms with E-state index in [9.17, 15) is 4.79 Å². The summed E-state index contributed by atoms with van der Waals surface area (Å²) in [5.74, 6) is 1.50. The fraction of sp³-hybridized carbons (Fsp3) is 0.462. The first kappa shape index (κ1) is 12.5. The Kier molecular flexibility index (Phi) is 3.60. The lowest BCUT2D eigenvalue weighted by molar-refractivity contribution is 0.0961. The van der Waals surface area contributed by atoms with Gasteiger partial charge >= 0.3 is 0 Å². The number of hydrogen-bond acceptors (Lipinski definition) is 4. The van der Waals surface area contributed by atoms with Gasteiger partial charge in [-0.25, -0.2) is 9.67 Å². The standard InChI is InChI=1S/C13H17N3O2/c1-9(2)7-16-12(14-8-15-16)6-11(17)13-10(3)4-5-18-13/h4-5,8-9H,6-7H2,1-3H3. The predicted octanol–water partition coefficient (Wildman–Crippen LogP) is 2.26. The number of aryl methyl sites for hydroxylation is 1. The molecule has 5 heteroatoms. The zero-order chi connectivity index (χ0) is 13.1. The first-order valence-electron chi connectivity index (χ1n) is 6.02. The summed E-state index contributed by atoms with van der Waals surface area (Å²) >= 11 is 0. The molecule has 0 saturated heterocycles. The third-order valence-electron chi connectivity index (χ3n) is 2.67. The highest BCUT2D eigenvalue weighted by Gasteiger charge is 2.17. The average Bonchev–Trinajstić information content (AvgIpc) is 2.88. The van der Waals surface area contributed by atoms with Crippen molar-refractivity contribution >= 4 is 5.78 Å². The second-order valence-corrected chi connectivity index (χ2v) is 4.78. The highest BCUT2D eigenvalue weighted by molar-refractivity contribution is 5.95. The summed E-state index contributed by atoms with van der Waals surface area (Å²) in [4.78, 5) is 16.2. The molecule has 2 rings (SSSR count). The molecule has 0 atom stereocenters. The Bertz CT molecular complexity index is 540. The minimum atomic E-state index is -0.0597. The maximum atomic E-state index is 12.1. The molecule has 0 spiro atoms. The van der Waals surface area contributed by atoms with Gasteiger partial charge in [0.1, 0.15) is 12.2 Å². The molecular formula is C13H17N3O2. The number of hydrogen-bond donors (Lipinski definition) is 0. The molecule has 0 radical (unpaired) electrons. The second-order valence-electron chi connectivity index (χ2n) is 4.78. The Hall–Kier alpha value is -1.91. The molecular weight excluding hydrogens is 230 g/mol. The molecule has 0 amide bonds. The Morgan fingerprint density at radius 2 is 2.28 bits per heavy atom. The van der Waals surface area contributed by atoms with Crippen molar-refractivity contribution in [3.8, 4) is 0 Å². The summed E-state index contributed by atoms with van der Waals surface area (Å²) in [6.45, 7) is 6.82. The van der Waals surface area contributed by atoms with Gasteiger partial charge in [-0.05, 0) is 24.5 Å². The smallest absolute Gasteiger partial charge is 0.205 e. The van der Waals surface area contributed by atoms with Crippen LogP contribution in [0.3, 0.4) is 0 Å². The minimum absolute atomic E-state index is 0.0597. The highest BCUT2D eigenvalue weighted by Crippen LogP contribution is 2.12. The van der Waals surface area contributed by atoms with Crippen molar-refractivity contribution in [2.45, 2.75) is 33.7 Å². The maximum absolute atomic E-state index is 12.1. The van der Waals surface area contributed by atoms with Crippen molar-refractivity contribution in [1.29, 1.82) is 0 Å². The van der Waals surface area contributed by atoms with Gasteiger partial charge in [0.05, 0.1) is 12.7 Å². The van der Waals surface area contributed by atoms with E-state index < -0.39 is 0 Å². The van der Waals surface area contributed by atoms with Crippen molar-refractivity contribution in [2.24, 2.45) is 5.92 Å². The SMILES string of the molecule is Cc1ccoc1C(=O)Cc1ncnn1CC(C)C. The third kappa shape index (κ3) is 2.67. The quantitative estimate of drug-likeness (QED) is 0.760. The van der Waals surface area contributed by atoms with E-state index in [1.807, 2.05) is 6.92 Å². The number of rotatable bonds is 5. The van der Waals surface area contributed by atoms with Crippen LogP contribution < -0.4 is 0 Å². The van der Waals surface area contributed by atoms with Crippen LogP contribution in [0, 0.1) is 12.8 Å². The van der Waals surface area contributed by atoms with E-state index >= 15 is 0 Å². The zero-order valence-corrected chi connectivity index (χ0v) is 10.9. The van der Waals surface area contributed by atoms with Gasteiger partial charge in [0, 0.05) is 6.54 Å². The Balaban J connectivity index is 2.13. The number of furan rings is 1. The molecule has 0 saturated carbocycles. The molecule has 2 heterocycles. The van der Waals surface area contributed by atoms with Gasteiger partial charge in [-0.1, -0.05) is 13.8 Å². The van der Waals surface area contributed by atoms with Crippen LogP contribution >= 0.6 is 0 Å². The molecule has 0 aliphatic heterocycles. The molecule has 18 heavy (non-hydrogen) atoms. The number of carbonyl (C=O) groups is 1. The van der Waals surface area contributed by atoms with E-state index in [-0.39, 0.29) is 12.2 Å². The number of ketones is 1. The van der Waals surface area contributed by atoms with Crippen LogP contribution in [0.2, 0.25) is 0 Å². The van der Waals surface area contributed by atoms with Gasteiger partial charge in [-0.15, -0.1) is 0 Å². The van der Waals surface area contributed by atoms with Crippen LogP contribution in [-0.2, 0) is 13.0 Å². The fourth-order valence-electron chi connectivity index (χ4n) is 1.81. The summed E-state index contributed by atoms with van der Waals surface area (Å²) in [6.07, 6.45) is 3.24. The van der Waals surface area contributed by atoms with Crippen molar-refractivity contribution in [3.05, 3.63) is 35.8 Å². The lowest BCUT2D eigenvalue weighted by atomic mass is 10.1. The van der Waals surface area contributed by atoms with E-state index in [1.165, 1.54) is 12.6 Å². The van der Waals surface area contributed by atoms with Crippen LogP contribution in [0.4, 0.5) is 0 Å². The normalized spacial score (nSPS) is 11.1. The molecule has 0 bridgehead atoms. The lowest BCUT2D eigenvalue weighted by Gasteiger charge is -2.07. The van der Waals surface area contributed by atoms with Gasteiger partial charge in [0.15, 0.2) is 5.76 Å². The fourth-order valence-corrected chi connectivity index (χ4v) is 1.81. The number of carbonyl (C=O) groups excluding carboxylic acids is 1. The Labute approximate surface area is 106 Å². The lowest BCUT2D eigenvalue weighted by Crippen LogP contribution is -2.14. The summed E-state index contributed by atoms with van der Waals surface area (Å²) in [5.41, 5.74) is 0.856. The van der Waals surface area contributed by atoms with Crippen molar-refractivity contribution in [1.82, 2.24) is 14.8 Å². The molecule has 0 aromatic carbocycles. The molecule has 0 N–H and O–H groups in total. The molecule has 0 aliphatic rings. The minimum Gasteiger partial charge on any atom is -0.461 e. The van der Waals surface area contributed by atoms with Crippen LogP contribution in [0.15, 0.2) is 23.1 Å². The first-order valence-corrected chi connectivity index (χ1v) is 6.02. The number of Topliss-reactive ketones (excluding diaryl/α,β-unsaturated/α-hetero) is 1. The van der Waals surface area contributed by atoms with E-state index in [0.717, 1.165) is 12.1 Å². The molecule has 5 nitrogen and oxygen atoms in total. The van der Waals surface area contributed by atoms with Gasteiger partial charge in [0.25, 0.3) is 0 Å². The van der Waals surface area contributed by atoms with Crippen molar-refractivity contribution in [2.75, 3.05) is 0 Å². The average molecular weight is 247 g/mol. The molecule has 96 valence electrons. The monoisotopic (exact) mass is 247 g/mol. The van der Waals surface area contributed by atoms with E-state index in [1.54, 1.807) is 10.7 Å². The van der Waals surface area contributed by atoms with Gasteiger partial charge in [-0.2, -0.15) is 5.10 Å². The van der Waals surface area contributed by atoms with Gasteiger partial charge < -0.3 is 4.42 Å². The van der Waals surface area contributed by atoms with Crippen LogP contribution in [0.25, 0.3) is 0 Å². The molecule has 2 aromatic rings. The first-order chi connectivity index (χ1) is 8.58. The molecule has 0 fully saturated rings. The van der Waals surface area contributed by atoms with Crippen LogP contribution in [0.5, 0.6) is 0 Å². The van der Waals surface area contributed by atoms with Gasteiger partial charge in [0.2, 0.25) is 5.78 Å². The largest absolute Gasteiger partial charge is 0.461 e. The zero-order valence-electron chi connectivity index (χ0n) is 10.9. The van der Waals surface area contributed by atoms with E-state index in [0.29, 0.717) is 17.5 Å². The number of aromatic nitrogens is 3. The summed E-state index contributed by atoms with van der Waals surface area (Å²) in [7, 11) is 0. The highest BCUT2D eigenvalue weighted by atomic mass is 16.3. The molecule has 2 aromatic heterocycles. The van der Waals surface area contributed by atoms with Crippen LogP contribution in [-0.4, -0.2) is 20.5 Å². The maximum Gasteiger partial charge on any atom is 0.205 e. The predicted molar refractivity (Wildman–Crippen MR) is 66.3 cm³/mol. The summed E-state index contributed by atoms with van der Waals surface area (Å²) in [6, 6.07) is 1.78. The Morgan fingerprint density at radius 1 is 1.50 bits per heavy atom. The van der Waals surface area contributed by atoms with Gasteiger partial charge in [-0.3, -0.25) is 4.79 Å². The van der Waals surface area contributed by atoms with Crippen LogP contribution in [0.1, 0.15) is 35.8 Å². The third-order valence-corrected chi connectivity index (χ3v) is 2.67. The van der Waals surface area contributed by atoms with E-state index in [2.05, 4.69) is 23.9 Å². The van der Waals surface area contributed by atoms with Crippen molar-refractivity contribution < 1.29 is 9.21 Å². The summed E-state index contributed by atoms with van der Waals surface area (Å²) in [5, 5.41) is 4.14. The summed E-state index contributed by atoms with van der Waals surface area (Å²) < 4.78 is 6.97.